The molecular formula is C16H27N7O. The number of nitrogens with zero attached hydrogens (tertiary/aromatic N) is 4. The Bertz CT molecular complexity index is 562. The third-order valence-electron chi connectivity index (χ3n) is 4.93. The van der Waals surface area contributed by atoms with Gasteiger partial charge in [0.25, 0.3) is 0 Å². The van der Waals surface area contributed by atoms with Crippen LogP contribution in [-0.2, 0) is 11.3 Å². The highest BCUT2D eigenvalue weighted by atomic mass is 16.2. The first-order chi connectivity index (χ1) is 11.6. The van der Waals surface area contributed by atoms with Gasteiger partial charge < -0.3 is 10.2 Å². The van der Waals surface area contributed by atoms with Gasteiger partial charge in [-0.15, -0.1) is 0 Å². The second kappa shape index (κ2) is 7.42. The van der Waals surface area contributed by atoms with Crippen LogP contribution >= 0.6 is 0 Å². The Labute approximate surface area is 143 Å². The van der Waals surface area contributed by atoms with Crippen molar-refractivity contribution in [3.05, 3.63) is 18.0 Å². The number of nitrogens with one attached hydrogen (secondary N) is 3. The molecule has 3 rings (SSSR count). The summed E-state index contributed by atoms with van der Waals surface area (Å²) >= 11 is 0. The average Bonchev–Trinajstić information content (AvgIpc) is 3.23. The average molecular weight is 333 g/mol. The van der Waals surface area contributed by atoms with Gasteiger partial charge in [-0.1, -0.05) is 0 Å². The monoisotopic (exact) mass is 333 g/mol. The van der Waals surface area contributed by atoms with E-state index in [4.69, 9.17) is 0 Å². The molecule has 0 spiro atoms. The Morgan fingerprint density at radius 2 is 2.17 bits per heavy atom. The van der Waals surface area contributed by atoms with Gasteiger partial charge in [-0.3, -0.25) is 20.5 Å². The zero-order valence-electron chi connectivity index (χ0n) is 14.6. The fraction of sp³-hybridized carbons (Fsp3) is 0.688. The van der Waals surface area contributed by atoms with E-state index in [-0.39, 0.29) is 17.9 Å². The first-order valence-corrected chi connectivity index (χ1v) is 8.49. The van der Waals surface area contributed by atoms with Crippen molar-refractivity contribution in [2.24, 2.45) is 11.8 Å². The molecule has 132 valence electrons. The number of hydrazine groups is 1. The van der Waals surface area contributed by atoms with Crippen LogP contribution in [0.1, 0.15) is 12.0 Å². The minimum atomic E-state index is 0.0168. The molecule has 24 heavy (non-hydrogen) atoms. The summed E-state index contributed by atoms with van der Waals surface area (Å²) in [4.78, 5) is 25.0. The molecule has 3 atom stereocenters. The topological polar surface area (TPSA) is 85.4 Å². The van der Waals surface area contributed by atoms with Gasteiger partial charge in [-0.05, 0) is 18.9 Å². The molecule has 1 amide bonds. The zero-order chi connectivity index (χ0) is 17.1. The van der Waals surface area contributed by atoms with E-state index >= 15 is 0 Å². The molecule has 3 heterocycles. The fourth-order valence-corrected chi connectivity index (χ4v) is 3.66. The van der Waals surface area contributed by atoms with E-state index in [9.17, 15) is 4.79 Å². The summed E-state index contributed by atoms with van der Waals surface area (Å²) in [6.45, 7) is 3.59. The van der Waals surface area contributed by atoms with Crippen LogP contribution in [0, 0.1) is 11.8 Å². The van der Waals surface area contributed by atoms with E-state index in [1.807, 2.05) is 33.5 Å². The first kappa shape index (κ1) is 17.1. The molecule has 3 N–H and O–H groups in total. The lowest BCUT2D eigenvalue weighted by Crippen LogP contribution is -2.44. The highest BCUT2D eigenvalue weighted by Crippen LogP contribution is 2.27. The molecular weight excluding hydrogens is 306 g/mol. The van der Waals surface area contributed by atoms with Crippen LogP contribution in [0.15, 0.2) is 12.4 Å². The second-order valence-corrected chi connectivity index (χ2v) is 6.84. The van der Waals surface area contributed by atoms with Gasteiger partial charge in [0.15, 0.2) is 0 Å². The lowest BCUT2D eigenvalue weighted by molar-refractivity contribution is -0.133. The predicted molar refractivity (Wildman–Crippen MR) is 92.1 cm³/mol. The third kappa shape index (κ3) is 3.66. The van der Waals surface area contributed by atoms with E-state index in [1.54, 1.807) is 4.90 Å². The van der Waals surface area contributed by atoms with Crippen molar-refractivity contribution < 1.29 is 4.79 Å². The van der Waals surface area contributed by atoms with Gasteiger partial charge in [0.1, 0.15) is 0 Å². The van der Waals surface area contributed by atoms with E-state index < -0.39 is 0 Å². The normalized spacial score (nSPS) is 27.4. The van der Waals surface area contributed by atoms with Crippen molar-refractivity contribution in [3.63, 3.8) is 0 Å². The van der Waals surface area contributed by atoms with E-state index in [0.717, 1.165) is 31.6 Å². The summed E-state index contributed by atoms with van der Waals surface area (Å²) in [6, 6.07) is 0.202. The Hall–Kier alpha value is -1.77. The summed E-state index contributed by atoms with van der Waals surface area (Å²) in [6.07, 6.45) is 4.85. The molecule has 1 aromatic rings. The summed E-state index contributed by atoms with van der Waals surface area (Å²) < 4.78 is 0. The first-order valence-electron chi connectivity index (χ1n) is 8.49. The smallest absolute Gasteiger partial charge is 0.228 e. The van der Waals surface area contributed by atoms with Crippen LogP contribution in [0.4, 0.5) is 5.95 Å². The molecule has 0 aliphatic carbocycles. The van der Waals surface area contributed by atoms with Gasteiger partial charge in [-0.25, -0.2) is 9.97 Å². The maximum atomic E-state index is 12.4. The van der Waals surface area contributed by atoms with Gasteiger partial charge in [0, 0.05) is 64.8 Å². The third-order valence-corrected chi connectivity index (χ3v) is 4.93. The molecule has 8 nitrogen and oxygen atoms in total. The number of carbonyl (C=O) groups is 1. The number of anilines is 1. The number of amides is 1. The van der Waals surface area contributed by atoms with Gasteiger partial charge in [-0.2, -0.15) is 0 Å². The number of hydrogen-bond acceptors (Lipinski definition) is 7. The predicted octanol–water partition coefficient (Wildman–Crippen LogP) is -0.479. The number of likely N-dealkylation sites (tertiary alicyclic amines) is 1. The quantitative estimate of drug-likeness (QED) is 0.671. The van der Waals surface area contributed by atoms with Crippen LogP contribution in [0.3, 0.4) is 0 Å². The Morgan fingerprint density at radius 3 is 2.83 bits per heavy atom. The minimum absolute atomic E-state index is 0.0168. The van der Waals surface area contributed by atoms with Crippen molar-refractivity contribution >= 4 is 11.9 Å². The SMILES string of the molecule is CNc1ncc(CN2CCC(C3NNCC3C(=O)N(C)C)C2)cn1. The van der Waals surface area contributed by atoms with Crippen LogP contribution in [-0.4, -0.2) is 72.5 Å². The zero-order valence-corrected chi connectivity index (χ0v) is 14.6. The highest BCUT2D eigenvalue weighted by molar-refractivity contribution is 5.79. The number of carbonyl (C=O) groups excluding carboxylic acids is 1. The van der Waals surface area contributed by atoms with Crippen molar-refractivity contribution in [3.8, 4) is 0 Å². The molecule has 2 aliphatic rings. The van der Waals surface area contributed by atoms with Crippen LogP contribution in [0.25, 0.3) is 0 Å². The standard InChI is InChI=1S/C16H27N7O/c1-17-16-18-6-11(7-19-16)9-23-5-4-12(10-23)14-13(8-20-21-14)15(24)22(2)3/h6-7,12-14,20-21H,4-5,8-10H2,1-3H3,(H,17,18,19). The molecule has 8 heteroatoms. The minimum Gasteiger partial charge on any atom is -0.357 e. The molecule has 3 unspecified atom stereocenters. The van der Waals surface area contributed by atoms with Crippen molar-refractivity contribution in [2.45, 2.75) is 19.0 Å². The highest BCUT2D eigenvalue weighted by Gasteiger charge is 2.41. The second-order valence-electron chi connectivity index (χ2n) is 6.84. The van der Waals surface area contributed by atoms with Crippen molar-refractivity contribution in [2.75, 3.05) is 46.1 Å². The number of hydrogen-bond donors (Lipinski definition) is 3. The number of aromatic nitrogens is 2. The van der Waals surface area contributed by atoms with Crippen molar-refractivity contribution in [1.29, 1.82) is 0 Å². The van der Waals surface area contributed by atoms with E-state index in [0.29, 0.717) is 18.4 Å². The Kier molecular flexibility index (Phi) is 5.27. The maximum Gasteiger partial charge on any atom is 0.228 e. The Morgan fingerprint density at radius 1 is 1.42 bits per heavy atom. The van der Waals surface area contributed by atoms with Crippen LogP contribution < -0.4 is 16.2 Å². The molecule has 0 bridgehead atoms. The summed E-state index contributed by atoms with van der Waals surface area (Å²) in [5.74, 6) is 1.34. The largest absolute Gasteiger partial charge is 0.357 e. The van der Waals surface area contributed by atoms with Crippen LogP contribution in [0.5, 0.6) is 0 Å². The lowest BCUT2D eigenvalue weighted by Gasteiger charge is -2.26. The van der Waals surface area contributed by atoms with Gasteiger partial charge in [0.2, 0.25) is 11.9 Å². The van der Waals surface area contributed by atoms with E-state index in [2.05, 4.69) is 31.0 Å². The van der Waals surface area contributed by atoms with Gasteiger partial charge in [0.05, 0.1) is 5.92 Å². The fourth-order valence-electron chi connectivity index (χ4n) is 3.66. The molecule has 2 fully saturated rings. The molecule has 1 aromatic heterocycles. The Balaban J connectivity index is 1.57. The lowest BCUT2D eigenvalue weighted by atomic mass is 9.88. The summed E-state index contributed by atoms with van der Waals surface area (Å²) in [5.41, 5.74) is 7.61. The van der Waals surface area contributed by atoms with Crippen LogP contribution in [0.2, 0.25) is 0 Å². The summed E-state index contributed by atoms with van der Waals surface area (Å²) in [7, 11) is 5.47. The van der Waals surface area contributed by atoms with Gasteiger partial charge >= 0.3 is 0 Å². The molecule has 2 saturated heterocycles. The summed E-state index contributed by atoms with van der Waals surface area (Å²) in [5, 5.41) is 2.93. The van der Waals surface area contributed by atoms with Crippen molar-refractivity contribution in [1.82, 2.24) is 30.6 Å². The molecule has 0 saturated carbocycles. The maximum absolute atomic E-state index is 12.4. The molecule has 0 aromatic carbocycles. The van der Waals surface area contributed by atoms with E-state index in [1.165, 1.54) is 0 Å². The molecule has 0 radical (unpaired) electrons. The number of rotatable bonds is 5. The molecule has 2 aliphatic heterocycles.